The fourth-order valence-corrected chi connectivity index (χ4v) is 6.26. The van der Waals surface area contributed by atoms with E-state index in [1.54, 1.807) is 0 Å². The molecule has 1 unspecified atom stereocenters. The number of halogens is 2. The SMILES string of the molecule is C=C/C(=C\C=C\C(C)(C)C)N(C1=CC(c2cc3c(o2)C=CCC3)CC(c2cc3ccccc3o2)=C1)c1cc(C)cc(Cl)c1Cl. The Morgan fingerprint density at radius 3 is 2.64 bits per heavy atom. The summed E-state index contributed by atoms with van der Waals surface area (Å²) in [7, 11) is 0. The van der Waals surface area contributed by atoms with E-state index in [0.717, 1.165) is 75.7 Å². The maximum atomic E-state index is 6.97. The lowest BCUT2D eigenvalue weighted by Gasteiger charge is -2.32. The Morgan fingerprint density at radius 2 is 1.89 bits per heavy atom. The first-order chi connectivity index (χ1) is 21.1. The van der Waals surface area contributed by atoms with Gasteiger partial charge in [-0.15, -0.1) is 0 Å². The van der Waals surface area contributed by atoms with Crippen molar-refractivity contribution in [2.24, 2.45) is 5.41 Å². The number of allylic oxidation sites excluding steroid dienone is 8. The highest BCUT2D eigenvalue weighted by Crippen LogP contribution is 2.44. The van der Waals surface area contributed by atoms with Gasteiger partial charge in [0, 0.05) is 22.7 Å². The molecular weight excluding hydrogens is 585 g/mol. The van der Waals surface area contributed by atoms with Gasteiger partial charge < -0.3 is 13.7 Å². The van der Waals surface area contributed by atoms with Gasteiger partial charge in [0.15, 0.2) is 0 Å². The van der Waals surface area contributed by atoms with Crippen molar-refractivity contribution >= 4 is 51.5 Å². The van der Waals surface area contributed by atoms with Gasteiger partial charge in [-0.3, -0.25) is 0 Å². The second-order valence-electron chi connectivity index (χ2n) is 12.6. The van der Waals surface area contributed by atoms with Gasteiger partial charge in [0.2, 0.25) is 0 Å². The van der Waals surface area contributed by atoms with Crippen LogP contribution < -0.4 is 4.90 Å². The van der Waals surface area contributed by atoms with Crippen molar-refractivity contribution in [2.75, 3.05) is 4.90 Å². The summed E-state index contributed by atoms with van der Waals surface area (Å²) in [5, 5.41) is 2.05. The molecule has 2 heterocycles. The van der Waals surface area contributed by atoms with E-state index in [2.05, 4.69) is 99.0 Å². The van der Waals surface area contributed by atoms with E-state index in [1.807, 2.05) is 37.3 Å². The van der Waals surface area contributed by atoms with Gasteiger partial charge in [0.05, 0.1) is 15.7 Å². The second-order valence-corrected chi connectivity index (χ2v) is 13.4. The summed E-state index contributed by atoms with van der Waals surface area (Å²) in [6.45, 7) is 12.8. The van der Waals surface area contributed by atoms with Gasteiger partial charge in [0.1, 0.15) is 22.9 Å². The highest BCUT2D eigenvalue weighted by atomic mass is 35.5. The fourth-order valence-electron chi connectivity index (χ4n) is 5.80. The smallest absolute Gasteiger partial charge is 0.134 e. The van der Waals surface area contributed by atoms with Gasteiger partial charge in [0.25, 0.3) is 0 Å². The molecular formula is C39H37Cl2NO2. The Kier molecular flexibility index (Phi) is 8.37. The third-order valence-corrected chi connectivity index (χ3v) is 8.73. The van der Waals surface area contributed by atoms with Crippen molar-refractivity contribution in [1.82, 2.24) is 0 Å². The number of benzene rings is 2. The molecule has 4 aromatic rings. The van der Waals surface area contributed by atoms with Gasteiger partial charge in [-0.25, -0.2) is 0 Å². The lowest BCUT2D eigenvalue weighted by molar-refractivity contribution is 0.479. The predicted octanol–water partition coefficient (Wildman–Crippen LogP) is 12.2. The second kappa shape index (κ2) is 12.2. The standard InChI is InChI=1S/C39H37Cl2NO2/c1-6-30(14-11-17-39(3,4)5)42(33-19-25(2)18-32(40)38(33)41)31-21-28(36-23-26-12-7-9-15-34(26)43-36)20-29(22-31)37-24-27-13-8-10-16-35(27)44-37/h6-7,9-12,14-19,21-24,29H,1,8,13,20H2,2-5H3/b17-11+,30-14+. The van der Waals surface area contributed by atoms with Crippen molar-refractivity contribution < 1.29 is 8.83 Å². The van der Waals surface area contributed by atoms with Crippen LogP contribution in [0, 0.1) is 12.3 Å². The average molecular weight is 623 g/mol. The average Bonchev–Trinajstić information content (AvgIpc) is 3.63. The molecule has 0 aliphatic heterocycles. The summed E-state index contributed by atoms with van der Waals surface area (Å²) >= 11 is 13.6. The number of furan rings is 2. The molecule has 44 heavy (non-hydrogen) atoms. The van der Waals surface area contributed by atoms with Crippen LogP contribution in [0.25, 0.3) is 22.6 Å². The molecule has 0 amide bonds. The van der Waals surface area contributed by atoms with Crippen LogP contribution in [0.15, 0.2) is 118 Å². The van der Waals surface area contributed by atoms with Gasteiger partial charge in [-0.1, -0.05) is 87.0 Å². The quantitative estimate of drug-likeness (QED) is 0.192. The summed E-state index contributed by atoms with van der Waals surface area (Å²) < 4.78 is 12.9. The third kappa shape index (κ3) is 6.31. The highest BCUT2D eigenvalue weighted by molar-refractivity contribution is 6.43. The molecule has 0 radical (unpaired) electrons. The summed E-state index contributed by atoms with van der Waals surface area (Å²) in [6, 6.07) is 16.4. The topological polar surface area (TPSA) is 29.5 Å². The summed E-state index contributed by atoms with van der Waals surface area (Å²) in [5.74, 6) is 2.69. The normalized spacial score (nSPS) is 17.1. The van der Waals surface area contributed by atoms with E-state index in [4.69, 9.17) is 32.0 Å². The van der Waals surface area contributed by atoms with E-state index >= 15 is 0 Å². The fraction of sp³-hybridized carbons (Fsp3) is 0.231. The van der Waals surface area contributed by atoms with Crippen LogP contribution in [-0.2, 0) is 6.42 Å². The molecule has 2 aliphatic rings. The van der Waals surface area contributed by atoms with E-state index < -0.39 is 0 Å². The van der Waals surface area contributed by atoms with Crippen LogP contribution >= 0.6 is 23.2 Å². The Hall–Kier alpha value is -3.92. The largest absolute Gasteiger partial charge is 0.461 e. The Labute approximate surface area is 270 Å². The molecule has 5 heteroatoms. The van der Waals surface area contributed by atoms with Gasteiger partial charge >= 0.3 is 0 Å². The highest BCUT2D eigenvalue weighted by Gasteiger charge is 2.29. The number of aryl methyl sites for hydroxylation is 2. The first kappa shape index (κ1) is 30.1. The third-order valence-electron chi connectivity index (χ3n) is 7.93. The van der Waals surface area contributed by atoms with Crippen molar-refractivity contribution in [3.63, 3.8) is 0 Å². The number of fused-ring (bicyclic) bond motifs is 2. The van der Waals surface area contributed by atoms with Crippen molar-refractivity contribution in [3.05, 3.63) is 147 Å². The van der Waals surface area contributed by atoms with Crippen LogP contribution in [0.5, 0.6) is 0 Å². The lowest BCUT2D eigenvalue weighted by atomic mass is 9.88. The number of hydrogen-bond donors (Lipinski definition) is 0. The number of anilines is 1. The minimum atomic E-state index is -0.0325. The van der Waals surface area contributed by atoms with Crippen molar-refractivity contribution in [3.8, 4) is 0 Å². The van der Waals surface area contributed by atoms with Crippen LogP contribution in [-0.4, -0.2) is 0 Å². The Balaban J connectivity index is 1.55. The molecule has 0 saturated heterocycles. The van der Waals surface area contributed by atoms with Crippen molar-refractivity contribution in [2.45, 2.75) is 52.9 Å². The number of para-hydroxylation sites is 1. The zero-order valence-corrected chi connectivity index (χ0v) is 27.2. The molecule has 2 aliphatic carbocycles. The van der Waals surface area contributed by atoms with Gasteiger partial charge in [-0.2, -0.15) is 0 Å². The molecule has 3 nitrogen and oxygen atoms in total. The molecule has 0 N–H and O–H groups in total. The molecule has 6 rings (SSSR count). The summed E-state index contributed by atoms with van der Waals surface area (Å²) in [6.07, 6.45) is 19.6. The zero-order chi connectivity index (χ0) is 31.0. The first-order valence-electron chi connectivity index (χ1n) is 15.1. The lowest BCUT2D eigenvalue weighted by Crippen LogP contribution is -2.23. The number of nitrogens with zero attached hydrogens (tertiary/aromatic N) is 1. The molecule has 0 fully saturated rings. The van der Waals surface area contributed by atoms with Gasteiger partial charge in [-0.05, 0) is 109 Å². The monoisotopic (exact) mass is 621 g/mol. The van der Waals surface area contributed by atoms with E-state index in [1.165, 1.54) is 5.56 Å². The minimum Gasteiger partial charge on any atom is -0.461 e. The van der Waals surface area contributed by atoms with Crippen LogP contribution in [0.3, 0.4) is 0 Å². The molecule has 1 atom stereocenters. The first-order valence-corrected chi connectivity index (χ1v) is 15.8. The van der Waals surface area contributed by atoms with Crippen LogP contribution in [0.4, 0.5) is 5.69 Å². The molecule has 0 bridgehead atoms. The van der Waals surface area contributed by atoms with E-state index in [9.17, 15) is 0 Å². The molecule has 224 valence electrons. The van der Waals surface area contributed by atoms with Crippen molar-refractivity contribution in [1.29, 1.82) is 0 Å². The number of hydrogen-bond acceptors (Lipinski definition) is 3. The Bertz CT molecular complexity index is 1850. The molecule has 2 aromatic heterocycles. The van der Waals surface area contributed by atoms with E-state index in [-0.39, 0.29) is 11.3 Å². The zero-order valence-electron chi connectivity index (χ0n) is 25.7. The number of rotatable bonds is 7. The predicted molar refractivity (Wildman–Crippen MR) is 186 cm³/mol. The molecule has 0 spiro atoms. The van der Waals surface area contributed by atoms with E-state index in [0.29, 0.717) is 10.0 Å². The maximum absolute atomic E-state index is 6.97. The summed E-state index contributed by atoms with van der Waals surface area (Å²) in [4.78, 5) is 2.14. The van der Waals surface area contributed by atoms with Crippen LogP contribution in [0.2, 0.25) is 10.0 Å². The molecule has 2 aromatic carbocycles. The van der Waals surface area contributed by atoms with Crippen LogP contribution in [0.1, 0.15) is 67.9 Å². The maximum Gasteiger partial charge on any atom is 0.134 e. The Morgan fingerprint density at radius 1 is 1.07 bits per heavy atom. The minimum absolute atomic E-state index is 0.0221. The summed E-state index contributed by atoms with van der Waals surface area (Å²) in [5.41, 5.74) is 6.79. The molecule has 0 saturated carbocycles.